The number of nitrogens with zero attached hydrogens (tertiary/aromatic N) is 1. The van der Waals surface area contributed by atoms with Gasteiger partial charge in [0.1, 0.15) is 0 Å². The Kier molecular flexibility index (Phi) is 3.39. The summed E-state index contributed by atoms with van der Waals surface area (Å²) in [6.07, 6.45) is 4.20. The SMILES string of the molecule is CCCC=Nc1ccccc1. The summed E-state index contributed by atoms with van der Waals surface area (Å²) in [4.78, 5) is 4.27. The Morgan fingerprint density at radius 3 is 2.64 bits per heavy atom. The van der Waals surface area contributed by atoms with Crippen molar-refractivity contribution in [2.75, 3.05) is 0 Å². The molecule has 0 aliphatic heterocycles. The Hall–Kier alpha value is -1.11. The van der Waals surface area contributed by atoms with Gasteiger partial charge in [0.15, 0.2) is 0 Å². The fourth-order valence-electron chi connectivity index (χ4n) is 0.813. The van der Waals surface area contributed by atoms with Gasteiger partial charge in [0.25, 0.3) is 0 Å². The molecule has 0 fully saturated rings. The molecule has 0 atom stereocenters. The summed E-state index contributed by atoms with van der Waals surface area (Å²) in [5, 5.41) is 0. The van der Waals surface area contributed by atoms with Crippen LogP contribution >= 0.6 is 0 Å². The maximum Gasteiger partial charge on any atom is 0.0625 e. The topological polar surface area (TPSA) is 12.4 Å². The van der Waals surface area contributed by atoms with Gasteiger partial charge in [-0.25, -0.2) is 0 Å². The standard InChI is InChI=1S/C10H13N/c1-2-3-9-11-10-7-5-4-6-8-10/h4-9H,2-3H2,1H3. The molecule has 58 valence electrons. The van der Waals surface area contributed by atoms with E-state index in [1.807, 2.05) is 36.5 Å². The van der Waals surface area contributed by atoms with Gasteiger partial charge in [0, 0.05) is 6.21 Å². The summed E-state index contributed by atoms with van der Waals surface area (Å²) in [5.41, 5.74) is 1.04. The lowest BCUT2D eigenvalue weighted by molar-refractivity contribution is 1.01. The summed E-state index contributed by atoms with van der Waals surface area (Å²) in [6.45, 7) is 2.15. The molecule has 0 aromatic heterocycles. The van der Waals surface area contributed by atoms with Crippen molar-refractivity contribution in [3.05, 3.63) is 30.3 Å². The third kappa shape index (κ3) is 2.99. The molecule has 0 saturated heterocycles. The van der Waals surface area contributed by atoms with Gasteiger partial charge in [-0.15, -0.1) is 0 Å². The van der Waals surface area contributed by atoms with Crippen molar-refractivity contribution in [3.63, 3.8) is 0 Å². The molecule has 0 unspecified atom stereocenters. The predicted molar refractivity (Wildman–Crippen MR) is 49.5 cm³/mol. The minimum atomic E-state index is 1.04. The molecular formula is C10H13N. The third-order valence-electron chi connectivity index (χ3n) is 1.41. The van der Waals surface area contributed by atoms with Gasteiger partial charge >= 0.3 is 0 Å². The normalized spacial score (nSPS) is 10.6. The monoisotopic (exact) mass is 147 g/mol. The molecule has 0 amide bonds. The van der Waals surface area contributed by atoms with Crippen LogP contribution in [-0.4, -0.2) is 6.21 Å². The highest BCUT2D eigenvalue weighted by atomic mass is 14.7. The van der Waals surface area contributed by atoms with Crippen LogP contribution in [0.3, 0.4) is 0 Å². The third-order valence-corrected chi connectivity index (χ3v) is 1.41. The second kappa shape index (κ2) is 4.67. The zero-order chi connectivity index (χ0) is 7.94. The molecule has 0 radical (unpaired) electrons. The van der Waals surface area contributed by atoms with Crippen LogP contribution in [-0.2, 0) is 0 Å². The second-order valence-corrected chi connectivity index (χ2v) is 2.44. The largest absolute Gasteiger partial charge is 0.261 e. The molecule has 1 nitrogen and oxygen atoms in total. The molecule has 0 aliphatic carbocycles. The molecule has 0 N–H and O–H groups in total. The molecule has 1 heteroatoms. The molecule has 0 heterocycles. The van der Waals surface area contributed by atoms with E-state index in [0.29, 0.717) is 0 Å². The van der Waals surface area contributed by atoms with Crippen LogP contribution in [0.1, 0.15) is 19.8 Å². The molecule has 0 bridgehead atoms. The highest BCUT2D eigenvalue weighted by Gasteiger charge is 1.81. The fraction of sp³-hybridized carbons (Fsp3) is 0.300. The number of para-hydroxylation sites is 1. The number of benzene rings is 1. The van der Waals surface area contributed by atoms with Gasteiger partial charge in [-0.05, 0) is 18.6 Å². The lowest BCUT2D eigenvalue weighted by Gasteiger charge is -1.89. The smallest absolute Gasteiger partial charge is 0.0625 e. The van der Waals surface area contributed by atoms with E-state index in [1.165, 1.54) is 0 Å². The lowest BCUT2D eigenvalue weighted by Crippen LogP contribution is -1.70. The van der Waals surface area contributed by atoms with E-state index in [9.17, 15) is 0 Å². The average Bonchev–Trinajstić information content (AvgIpc) is 2.07. The van der Waals surface area contributed by atoms with Crippen LogP contribution in [0, 0.1) is 0 Å². The van der Waals surface area contributed by atoms with Gasteiger partial charge in [-0.2, -0.15) is 0 Å². The first-order valence-corrected chi connectivity index (χ1v) is 4.01. The molecule has 0 aliphatic rings. The first-order valence-electron chi connectivity index (χ1n) is 4.01. The highest BCUT2D eigenvalue weighted by molar-refractivity contribution is 5.62. The van der Waals surface area contributed by atoms with E-state index < -0.39 is 0 Å². The summed E-state index contributed by atoms with van der Waals surface area (Å²) in [5.74, 6) is 0. The van der Waals surface area contributed by atoms with Gasteiger partial charge < -0.3 is 0 Å². The van der Waals surface area contributed by atoms with E-state index in [0.717, 1.165) is 18.5 Å². The number of aliphatic imine (C=N–C) groups is 1. The minimum absolute atomic E-state index is 1.04. The first-order chi connectivity index (χ1) is 5.43. The molecule has 0 spiro atoms. The Morgan fingerprint density at radius 2 is 2.00 bits per heavy atom. The van der Waals surface area contributed by atoms with Crippen molar-refractivity contribution in [2.45, 2.75) is 19.8 Å². The fourth-order valence-corrected chi connectivity index (χ4v) is 0.813. The van der Waals surface area contributed by atoms with E-state index in [-0.39, 0.29) is 0 Å². The molecule has 11 heavy (non-hydrogen) atoms. The summed E-state index contributed by atoms with van der Waals surface area (Å²) in [7, 11) is 0. The van der Waals surface area contributed by atoms with Crippen LogP contribution < -0.4 is 0 Å². The zero-order valence-electron chi connectivity index (χ0n) is 6.83. The zero-order valence-corrected chi connectivity index (χ0v) is 6.83. The first kappa shape index (κ1) is 7.99. The van der Waals surface area contributed by atoms with Crippen molar-refractivity contribution >= 4 is 11.9 Å². The number of hydrogen-bond donors (Lipinski definition) is 0. The van der Waals surface area contributed by atoms with Gasteiger partial charge in [0.05, 0.1) is 5.69 Å². The summed E-state index contributed by atoms with van der Waals surface area (Å²) < 4.78 is 0. The molecule has 1 aromatic rings. The summed E-state index contributed by atoms with van der Waals surface area (Å²) >= 11 is 0. The van der Waals surface area contributed by atoms with Gasteiger partial charge in [-0.3, -0.25) is 4.99 Å². The number of hydrogen-bond acceptors (Lipinski definition) is 1. The quantitative estimate of drug-likeness (QED) is 0.582. The maximum absolute atomic E-state index is 4.27. The Balaban J connectivity index is 2.50. The van der Waals surface area contributed by atoms with Crippen LogP contribution in [0.5, 0.6) is 0 Å². The lowest BCUT2D eigenvalue weighted by atomic mass is 10.3. The van der Waals surface area contributed by atoms with Crippen LogP contribution in [0.2, 0.25) is 0 Å². The Morgan fingerprint density at radius 1 is 1.27 bits per heavy atom. The van der Waals surface area contributed by atoms with Crippen molar-refractivity contribution in [2.24, 2.45) is 4.99 Å². The second-order valence-electron chi connectivity index (χ2n) is 2.44. The van der Waals surface area contributed by atoms with Crippen molar-refractivity contribution < 1.29 is 0 Å². The van der Waals surface area contributed by atoms with E-state index in [1.54, 1.807) is 0 Å². The predicted octanol–water partition coefficient (Wildman–Crippen LogP) is 3.19. The summed E-state index contributed by atoms with van der Waals surface area (Å²) in [6, 6.07) is 10.0. The number of unbranched alkanes of at least 4 members (excludes halogenated alkanes) is 1. The molecule has 1 aromatic carbocycles. The van der Waals surface area contributed by atoms with E-state index >= 15 is 0 Å². The highest BCUT2D eigenvalue weighted by Crippen LogP contribution is 2.08. The van der Waals surface area contributed by atoms with Crippen LogP contribution in [0.25, 0.3) is 0 Å². The van der Waals surface area contributed by atoms with Crippen molar-refractivity contribution in [1.82, 2.24) is 0 Å². The minimum Gasteiger partial charge on any atom is -0.261 e. The van der Waals surface area contributed by atoms with E-state index in [4.69, 9.17) is 0 Å². The average molecular weight is 147 g/mol. The van der Waals surface area contributed by atoms with Crippen molar-refractivity contribution in [3.8, 4) is 0 Å². The van der Waals surface area contributed by atoms with Crippen LogP contribution in [0.4, 0.5) is 5.69 Å². The van der Waals surface area contributed by atoms with Gasteiger partial charge in [0.2, 0.25) is 0 Å². The molecule has 0 saturated carbocycles. The van der Waals surface area contributed by atoms with Crippen LogP contribution in [0.15, 0.2) is 35.3 Å². The Bertz CT molecular complexity index is 214. The Labute approximate surface area is 67.8 Å². The van der Waals surface area contributed by atoms with Crippen molar-refractivity contribution in [1.29, 1.82) is 0 Å². The number of rotatable bonds is 3. The van der Waals surface area contributed by atoms with Gasteiger partial charge in [-0.1, -0.05) is 31.5 Å². The molecule has 1 rings (SSSR count). The van der Waals surface area contributed by atoms with E-state index in [2.05, 4.69) is 11.9 Å². The maximum atomic E-state index is 4.27. The molecular weight excluding hydrogens is 134 g/mol.